The van der Waals surface area contributed by atoms with Gasteiger partial charge in [0, 0.05) is 28.6 Å². The molecule has 0 fully saturated rings. The molecule has 6 rings (SSSR count). The van der Waals surface area contributed by atoms with Crippen LogP contribution in [-0.2, 0) is 9.84 Å². The second-order valence-electron chi connectivity index (χ2n) is 8.86. The van der Waals surface area contributed by atoms with Gasteiger partial charge in [0.05, 0.1) is 17.1 Å². The van der Waals surface area contributed by atoms with Crippen molar-refractivity contribution >= 4 is 44.1 Å². The quantitative estimate of drug-likeness (QED) is 0.247. The maximum atomic E-state index is 14.2. The van der Waals surface area contributed by atoms with Crippen LogP contribution in [0.25, 0.3) is 45.1 Å². The second kappa shape index (κ2) is 9.98. The van der Waals surface area contributed by atoms with E-state index in [-0.39, 0.29) is 27.2 Å². The molecule has 6 aromatic rings. The van der Waals surface area contributed by atoms with Crippen molar-refractivity contribution in [1.29, 1.82) is 0 Å². The zero-order chi connectivity index (χ0) is 28.0. The smallest absolute Gasteiger partial charge is 0.268 e. The van der Waals surface area contributed by atoms with Crippen LogP contribution in [0.3, 0.4) is 0 Å². The monoisotopic (exact) mass is 588 g/mol. The largest absolute Gasteiger partial charge is 0.270 e. The fourth-order valence-corrected chi connectivity index (χ4v) is 5.41. The van der Waals surface area contributed by atoms with Gasteiger partial charge in [-0.15, -0.1) is 0 Å². The van der Waals surface area contributed by atoms with Gasteiger partial charge in [-0.3, -0.25) is 9.36 Å². The Morgan fingerprint density at radius 1 is 0.775 bits per heavy atom. The fraction of sp³-hybridized carbons (Fsp3) is 0.0357. The molecule has 0 saturated carbocycles. The Labute approximate surface area is 238 Å². The normalized spacial score (nSPS) is 11.7. The summed E-state index contributed by atoms with van der Waals surface area (Å²) in [5.41, 5.74) is 2.55. The van der Waals surface area contributed by atoms with Gasteiger partial charge >= 0.3 is 0 Å². The molecule has 3 aromatic heterocycles. The third-order valence-corrected chi connectivity index (χ3v) is 7.59. The number of hydrogen-bond acceptors (Lipinski definition) is 7. The third-order valence-electron chi connectivity index (χ3n) is 6.17. The minimum atomic E-state index is -3.89. The summed E-state index contributed by atoms with van der Waals surface area (Å²) in [6.45, 7) is 0. The number of benzene rings is 3. The van der Waals surface area contributed by atoms with Gasteiger partial charge in [0.25, 0.3) is 5.56 Å². The number of halogens is 2. The minimum Gasteiger partial charge on any atom is -0.268 e. The van der Waals surface area contributed by atoms with Crippen LogP contribution in [0.15, 0.2) is 101 Å². The highest BCUT2D eigenvalue weighted by molar-refractivity contribution is 7.90. The molecule has 0 radical (unpaired) electrons. The maximum absolute atomic E-state index is 14.2. The van der Waals surface area contributed by atoms with E-state index in [2.05, 4.69) is 15.1 Å². The second-order valence-corrected chi connectivity index (χ2v) is 11.6. The number of nitrogens with zero attached hydrogens (tertiary/aromatic N) is 6. The predicted octanol–water partition coefficient (Wildman–Crippen LogP) is 5.41. The molecule has 0 aliphatic carbocycles. The Hall–Kier alpha value is -4.38. The molecular formula is C28H18Cl2N6O3S. The molecule has 198 valence electrons. The number of hydrogen-bond donors (Lipinski definition) is 0. The lowest BCUT2D eigenvalue weighted by atomic mass is 10.1. The van der Waals surface area contributed by atoms with E-state index in [1.807, 2.05) is 18.2 Å². The Balaban J connectivity index is 1.67. The molecule has 0 bridgehead atoms. The first kappa shape index (κ1) is 25.9. The molecule has 3 heterocycles. The number of rotatable bonds is 5. The Morgan fingerprint density at radius 2 is 1.45 bits per heavy atom. The number of para-hydroxylation sites is 1. The average Bonchev–Trinajstić information content (AvgIpc) is 3.35. The number of sulfone groups is 1. The van der Waals surface area contributed by atoms with Gasteiger partial charge in [-0.25, -0.2) is 28.1 Å². The van der Waals surface area contributed by atoms with Crippen molar-refractivity contribution in [3.8, 4) is 34.0 Å². The van der Waals surface area contributed by atoms with Crippen molar-refractivity contribution in [2.24, 2.45) is 0 Å². The third kappa shape index (κ3) is 4.66. The van der Waals surface area contributed by atoms with E-state index in [1.165, 1.54) is 9.25 Å². The lowest BCUT2D eigenvalue weighted by Crippen LogP contribution is -2.23. The van der Waals surface area contributed by atoms with Gasteiger partial charge in [-0.05, 0) is 54.1 Å². The summed E-state index contributed by atoms with van der Waals surface area (Å²) in [5, 5.41) is 4.48. The molecular weight excluding hydrogens is 571 g/mol. The lowest BCUT2D eigenvalue weighted by molar-refractivity contribution is 0.597. The van der Waals surface area contributed by atoms with Gasteiger partial charge in [-0.2, -0.15) is 5.10 Å². The number of fused-ring (bicyclic) bond motifs is 1. The van der Waals surface area contributed by atoms with Crippen molar-refractivity contribution in [2.45, 2.75) is 5.03 Å². The van der Waals surface area contributed by atoms with Crippen LogP contribution in [0.4, 0.5) is 0 Å². The summed E-state index contributed by atoms with van der Waals surface area (Å²) in [4.78, 5) is 27.2. The summed E-state index contributed by atoms with van der Waals surface area (Å²) in [6, 6.07) is 24.5. The van der Waals surface area contributed by atoms with Gasteiger partial charge in [0.1, 0.15) is 11.2 Å². The van der Waals surface area contributed by atoms with Crippen molar-refractivity contribution in [2.75, 3.05) is 6.26 Å². The van der Waals surface area contributed by atoms with E-state index in [0.29, 0.717) is 27.7 Å². The van der Waals surface area contributed by atoms with Crippen molar-refractivity contribution < 1.29 is 8.42 Å². The Bertz CT molecular complexity index is 2060. The first-order valence-corrected chi connectivity index (χ1v) is 14.5. The first-order valence-electron chi connectivity index (χ1n) is 11.9. The lowest BCUT2D eigenvalue weighted by Gasteiger charge is -2.14. The molecule has 12 heteroatoms. The first-order chi connectivity index (χ1) is 19.2. The molecule has 3 aromatic carbocycles. The molecule has 0 spiro atoms. The summed E-state index contributed by atoms with van der Waals surface area (Å²) in [5.74, 6) is 0.282. The fourth-order valence-electron chi connectivity index (χ4n) is 4.36. The van der Waals surface area contributed by atoms with Gasteiger partial charge in [0.15, 0.2) is 20.5 Å². The van der Waals surface area contributed by atoms with Gasteiger partial charge < -0.3 is 0 Å². The molecule has 0 amide bonds. The molecule has 40 heavy (non-hydrogen) atoms. The summed E-state index contributed by atoms with van der Waals surface area (Å²) in [6.07, 6.45) is 2.58. The van der Waals surface area contributed by atoms with E-state index < -0.39 is 15.4 Å². The van der Waals surface area contributed by atoms with Crippen LogP contribution in [0, 0.1) is 0 Å². The molecule has 0 aliphatic rings. The molecule has 9 nitrogen and oxygen atoms in total. The minimum absolute atomic E-state index is 0.114. The highest BCUT2D eigenvalue weighted by atomic mass is 35.5. The van der Waals surface area contributed by atoms with E-state index in [4.69, 9.17) is 28.2 Å². The highest BCUT2D eigenvalue weighted by Crippen LogP contribution is 2.29. The van der Waals surface area contributed by atoms with Crippen LogP contribution >= 0.6 is 23.2 Å². The van der Waals surface area contributed by atoms with Crippen molar-refractivity contribution in [3.63, 3.8) is 0 Å². The standard InChI is InChI=1S/C28H18Cl2N6O3S/c1-40(38,39)26-23-25(36(34-26)21-5-3-2-4-6-21)33-24(35(27(23)37)20-13-11-19(29)12-14-20)18-9-7-17(8-10-18)22-15-16-31-28(30)32-22/h2-16H,1H3. The molecule has 0 N–H and O–H groups in total. The van der Waals surface area contributed by atoms with Crippen molar-refractivity contribution in [1.82, 2.24) is 29.3 Å². The SMILES string of the molecule is CS(=O)(=O)c1nn(-c2ccccc2)c2nc(-c3ccc(-c4ccnc(Cl)n4)cc3)n(-c3ccc(Cl)cc3)c(=O)c12. The van der Waals surface area contributed by atoms with Crippen LogP contribution in [-0.4, -0.2) is 44.0 Å². The summed E-state index contributed by atoms with van der Waals surface area (Å²) in [7, 11) is -3.89. The molecule has 0 unspecified atom stereocenters. The van der Waals surface area contributed by atoms with E-state index in [0.717, 1.165) is 11.8 Å². The Kier molecular flexibility index (Phi) is 6.46. The van der Waals surface area contributed by atoms with Crippen LogP contribution in [0.5, 0.6) is 0 Å². The zero-order valence-electron chi connectivity index (χ0n) is 20.7. The molecule has 0 aliphatic heterocycles. The van der Waals surface area contributed by atoms with Gasteiger partial charge in [-0.1, -0.05) is 54.1 Å². The van der Waals surface area contributed by atoms with Crippen molar-refractivity contribution in [3.05, 3.63) is 112 Å². The molecule has 0 atom stereocenters. The topological polar surface area (TPSA) is 113 Å². The maximum Gasteiger partial charge on any atom is 0.270 e. The number of aromatic nitrogens is 6. The van der Waals surface area contributed by atoms with E-state index in [9.17, 15) is 13.2 Å². The predicted molar refractivity (Wildman–Crippen MR) is 154 cm³/mol. The summed E-state index contributed by atoms with van der Waals surface area (Å²) < 4.78 is 28.3. The zero-order valence-corrected chi connectivity index (χ0v) is 23.1. The van der Waals surface area contributed by atoms with E-state index in [1.54, 1.807) is 72.9 Å². The van der Waals surface area contributed by atoms with Crippen LogP contribution in [0.1, 0.15) is 0 Å². The van der Waals surface area contributed by atoms with Crippen LogP contribution < -0.4 is 5.56 Å². The van der Waals surface area contributed by atoms with Gasteiger partial charge in [0.2, 0.25) is 5.28 Å². The average molecular weight is 589 g/mol. The highest BCUT2D eigenvalue weighted by Gasteiger charge is 2.27. The Morgan fingerprint density at radius 3 is 2.10 bits per heavy atom. The van der Waals surface area contributed by atoms with E-state index >= 15 is 0 Å². The summed E-state index contributed by atoms with van der Waals surface area (Å²) >= 11 is 12.1. The van der Waals surface area contributed by atoms with Crippen LogP contribution in [0.2, 0.25) is 10.3 Å². The molecule has 0 saturated heterocycles.